The minimum absolute atomic E-state index is 0.0926. The molecule has 7 nitrogen and oxygen atoms in total. The largest absolute Gasteiger partial charge is 0.396 e. The molecule has 0 bridgehead atoms. The zero-order valence-electron chi connectivity index (χ0n) is 9.20. The molecule has 0 atom stereocenters. The van der Waals surface area contributed by atoms with Crippen molar-refractivity contribution in [2.24, 2.45) is 0 Å². The Balaban J connectivity index is 2.06. The number of aromatic nitrogens is 2. The molecule has 0 radical (unpaired) electrons. The molecule has 0 saturated carbocycles. The maximum atomic E-state index is 10.6. The standard InChI is InChI=1S/C9H10N4O3S2/c14-5-1-4-10-9-12-11-8(18-9)6-2-3-7(17-6)13(15)16/h2-3,14H,1,4-5H2,(H,10,12). The molecular weight excluding hydrogens is 276 g/mol. The van der Waals surface area contributed by atoms with E-state index in [4.69, 9.17) is 5.11 Å². The molecule has 0 aromatic carbocycles. The van der Waals surface area contributed by atoms with E-state index in [-0.39, 0.29) is 11.6 Å². The second kappa shape index (κ2) is 5.85. The van der Waals surface area contributed by atoms with Gasteiger partial charge in [-0.15, -0.1) is 10.2 Å². The summed E-state index contributed by atoms with van der Waals surface area (Å²) >= 11 is 2.41. The van der Waals surface area contributed by atoms with Crippen LogP contribution in [0.15, 0.2) is 12.1 Å². The number of nitrogens with one attached hydrogen (secondary N) is 1. The highest BCUT2D eigenvalue weighted by molar-refractivity contribution is 7.24. The van der Waals surface area contributed by atoms with Gasteiger partial charge in [0.25, 0.3) is 0 Å². The summed E-state index contributed by atoms with van der Waals surface area (Å²) in [5.74, 6) is 0. The van der Waals surface area contributed by atoms with E-state index in [1.165, 1.54) is 17.4 Å². The van der Waals surface area contributed by atoms with Gasteiger partial charge in [0.1, 0.15) is 0 Å². The summed E-state index contributed by atoms with van der Waals surface area (Å²) in [7, 11) is 0. The van der Waals surface area contributed by atoms with Crippen LogP contribution in [0.3, 0.4) is 0 Å². The summed E-state index contributed by atoms with van der Waals surface area (Å²) < 4.78 is 0. The average Bonchev–Trinajstić information content (AvgIpc) is 2.97. The number of hydrogen-bond acceptors (Lipinski definition) is 8. The lowest BCUT2D eigenvalue weighted by Gasteiger charge is -1.97. The van der Waals surface area contributed by atoms with Gasteiger partial charge in [0.2, 0.25) is 5.13 Å². The fraction of sp³-hybridized carbons (Fsp3) is 0.333. The quantitative estimate of drug-likeness (QED) is 0.478. The molecule has 0 aliphatic carbocycles. The van der Waals surface area contributed by atoms with E-state index in [9.17, 15) is 10.1 Å². The topological polar surface area (TPSA) is 101 Å². The molecule has 0 aliphatic rings. The normalized spacial score (nSPS) is 10.5. The van der Waals surface area contributed by atoms with E-state index >= 15 is 0 Å². The molecule has 9 heteroatoms. The Morgan fingerprint density at radius 1 is 1.39 bits per heavy atom. The number of anilines is 1. The third-order valence-corrected chi connectivity index (χ3v) is 4.11. The molecule has 2 N–H and O–H groups in total. The van der Waals surface area contributed by atoms with Crippen LogP contribution in [-0.4, -0.2) is 33.4 Å². The highest BCUT2D eigenvalue weighted by Gasteiger charge is 2.14. The fourth-order valence-electron chi connectivity index (χ4n) is 1.21. The summed E-state index contributed by atoms with van der Waals surface area (Å²) in [6.07, 6.45) is 0.638. The van der Waals surface area contributed by atoms with Crippen LogP contribution in [0, 0.1) is 10.1 Å². The van der Waals surface area contributed by atoms with Gasteiger partial charge < -0.3 is 10.4 Å². The van der Waals surface area contributed by atoms with E-state index in [0.717, 1.165) is 16.2 Å². The second-order valence-corrected chi connectivity index (χ2v) is 5.35. The SMILES string of the molecule is O=[N+]([O-])c1ccc(-c2nnc(NCCCO)s2)s1. The zero-order valence-corrected chi connectivity index (χ0v) is 10.8. The van der Waals surface area contributed by atoms with Crippen LogP contribution in [0.25, 0.3) is 9.88 Å². The number of rotatable bonds is 6. The lowest BCUT2D eigenvalue weighted by molar-refractivity contribution is -0.380. The molecule has 96 valence electrons. The first-order chi connectivity index (χ1) is 8.70. The van der Waals surface area contributed by atoms with Crippen molar-refractivity contribution in [1.29, 1.82) is 0 Å². The van der Waals surface area contributed by atoms with Gasteiger partial charge in [-0.1, -0.05) is 22.7 Å². The third-order valence-electron chi connectivity index (χ3n) is 2.02. The molecule has 0 fully saturated rings. The maximum absolute atomic E-state index is 10.6. The van der Waals surface area contributed by atoms with Crippen LogP contribution in [0.4, 0.5) is 10.1 Å². The van der Waals surface area contributed by atoms with Crippen molar-refractivity contribution in [3.63, 3.8) is 0 Å². The summed E-state index contributed by atoms with van der Waals surface area (Å²) in [4.78, 5) is 10.9. The molecule has 0 amide bonds. The number of nitro groups is 1. The predicted molar refractivity (Wildman–Crippen MR) is 70.1 cm³/mol. The Hall–Kier alpha value is -1.58. The number of thiophene rings is 1. The van der Waals surface area contributed by atoms with Crippen molar-refractivity contribution in [2.75, 3.05) is 18.5 Å². The average molecular weight is 286 g/mol. The van der Waals surface area contributed by atoms with Crippen molar-refractivity contribution < 1.29 is 10.0 Å². The lowest BCUT2D eigenvalue weighted by atomic mass is 10.5. The summed E-state index contributed by atoms with van der Waals surface area (Å²) in [5, 5.41) is 31.5. The highest BCUT2D eigenvalue weighted by atomic mass is 32.1. The molecule has 0 spiro atoms. The third kappa shape index (κ3) is 3.00. The number of aliphatic hydroxyl groups is 1. The minimum Gasteiger partial charge on any atom is -0.396 e. The van der Waals surface area contributed by atoms with Crippen molar-refractivity contribution in [3.05, 3.63) is 22.2 Å². The van der Waals surface area contributed by atoms with E-state index in [0.29, 0.717) is 23.1 Å². The Bertz CT molecular complexity index is 539. The maximum Gasteiger partial charge on any atom is 0.324 e. The van der Waals surface area contributed by atoms with Crippen molar-refractivity contribution in [1.82, 2.24) is 10.2 Å². The van der Waals surface area contributed by atoms with E-state index < -0.39 is 4.92 Å². The van der Waals surface area contributed by atoms with Crippen LogP contribution in [0.5, 0.6) is 0 Å². The van der Waals surface area contributed by atoms with Crippen LogP contribution in [0.2, 0.25) is 0 Å². The fourth-order valence-corrected chi connectivity index (χ4v) is 2.85. The smallest absolute Gasteiger partial charge is 0.324 e. The zero-order chi connectivity index (χ0) is 13.0. The number of nitrogens with zero attached hydrogens (tertiary/aromatic N) is 3. The predicted octanol–water partition coefficient (Wildman–Crippen LogP) is 1.97. The van der Waals surface area contributed by atoms with E-state index in [1.807, 2.05) is 0 Å². The number of aliphatic hydroxyl groups excluding tert-OH is 1. The Morgan fingerprint density at radius 3 is 2.89 bits per heavy atom. The second-order valence-electron chi connectivity index (χ2n) is 3.31. The van der Waals surface area contributed by atoms with Gasteiger partial charge in [-0.05, 0) is 12.5 Å². The van der Waals surface area contributed by atoms with Crippen molar-refractivity contribution >= 4 is 32.8 Å². The summed E-state index contributed by atoms with van der Waals surface area (Å²) in [5.41, 5.74) is 0. The lowest BCUT2D eigenvalue weighted by Crippen LogP contribution is -2.02. The Labute approximate surface area is 110 Å². The molecule has 2 aromatic heterocycles. The first-order valence-corrected chi connectivity index (χ1v) is 6.77. The molecule has 2 heterocycles. The highest BCUT2D eigenvalue weighted by Crippen LogP contribution is 2.35. The van der Waals surface area contributed by atoms with E-state index in [1.54, 1.807) is 6.07 Å². The van der Waals surface area contributed by atoms with Crippen LogP contribution >= 0.6 is 22.7 Å². The van der Waals surface area contributed by atoms with Crippen LogP contribution in [0.1, 0.15) is 6.42 Å². The van der Waals surface area contributed by atoms with Crippen molar-refractivity contribution in [3.8, 4) is 9.88 Å². The molecule has 0 aliphatic heterocycles. The molecule has 0 unspecified atom stereocenters. The monoisotopic (exact) mass is 286 g/mol. The first kappa shape index (κ1) is 12.9. The van der Waals surface area contributed by atoms with E-state index in [2.05, 4.69) is 15.5 Å². The van der Waals surface area contributed by atoms with Crippen molar-refractivity contribution in [2.45, 2.75) is 6.42 Å². The van der Waals surface area contributed by atoms with Gasteiger partial charge in [-0.25, -0.2) is 0 Å². The Kier molecular flexibility index (Phi) is 4.18. The van der Waals surface area contributed by atoms with Crippen LogP contribution in [-0.2, 0) is 0 Å². The molecule has 2 aromatic rings. The molecule has 2 rings (SSSR count). The molecular formula is C9H10N4O3S2. The van der Waals surface area contributed by atoms with Gasteiger partial charge in [0.05, 0.1) is 9.80 Å². The van der Waals surface area contributed by atoms with Gasteiger partial charge in [0, 0.05) is 19.2 Å². The summed E-state index contributed by atoms with van der Waals surface area (Å²) in [6.45, 7) is 0.742. The van der Waals surface area contributed by atoms with Gasteiger partial charge >= 0.3 is 5.00 Å². The molecule has 18 heavy (non-hydrogen) atoms. The van der Waals surface area contributed by atoms with Gasteiger partial charge in [0.15, 0.2) is 5.01 Å². The van der Waals surface area contributed by atoms with Gasteiger partial charge in [-0.2, -0.15) is 0 Å². The molecule has 0 saturated heterocycles. The number of hydrogen-bond donors (Lipinski definition) is 2. The Morgan fingerprint density at radius 2 is 2.22 bits per heavy atom. The summed E-state index contributed by atoms with van der Waals surface area (Å²) in [6, 6.07) is 3.13. The van der Waals surface area contributed by atoms with Crippen LogP contribution < -0.4 is 5.32 Å². The van der Waals surface area contributed by atoms with Gasteiger partial charge in [-0.3, -0.25) is 10.1 Å². The first-order valence-electron chi connectivity index (χ1n) is 5.13. The minimum atomic E-state index is -0.421.